The van der Waals surface area contributed by atoms with Crippen LogP contribution in [0.25, 0.3) is 10.9 Å². The van der Waals surface area contributed by atoms with E-state index in [9.17, 15) is 4.79 Å². The van der Waals surface area contributed by atoms with Crippen molar-refractivity contribution in [1.82, 2.24) is 19.9 Å². The first kappa shape index (κ1) is 19.3. The maximum Gasteiger partial charge on any atom is 0.258 e. The highest BCUT2D eigenvalue weighted by Crippen LogP contribution is 2.21. The number of aromatic nitrogens is 3. The number of rotatable bonds is 5. The SMILES string of the molecule is O=C(Nc1cc(N2CCN(Cc3ccccc3)CC2)ncn1)c1c[nH]c2ccccc12. The summed E-state index contributed by atoms with van der Waals surface area (Å²) in [5.74, 6) is 1.16. The van der Waals surface area contributed by atoms with Crippen LogP contribution in [0.3, 0.4) is 0 Å². The van der Waals surface area contributed by atoms with Crippen molar-refractivity contribution in [3.63, 3.8) is 0 Å². The van der Waals surface area contributed by atoms with E-state index >= 15 is 0 Å². The quantitative estimate of drug-likeness (QED) is 0.524. The van der Waals surface area contributed by atoms with Crippen molar-refractivity contribution >= 4 is 28.4 Å². The van der Waals surface area contributed by atoms with E-state index in [2.05, 4.69) is 54.3 Å². The van der Waals surface area contributed by atoms with E-state index in [1.165, 1.54) is 11.9 Å². The fourth-order valence-electron chi connectivity index (χ4n) is 4.01. The molecule has 156 valence electrons. The number of para-hydroxylation sites is 1. The first-order chi connectivity index (χ1) is 15.3. The summed E-state index contributed by atoms with van der Waals surface area (Å²) in [6.07, 6.45) is 3.24. The van der Waals surface area contributed by atoms with E-state index in [0.717, 1.165) is 49.4 Å². The predicted octanol–water partition coefficient (Wildman–Crippen LogP) is 3.53. The molecule has 1 amide bonds. The van der Waals surface area contributed by atoms with Crippen LogP contribution in [0.2, 0.25) is 0 Å². The lowest BCUT2D eigenvalue weighted by Gasteiger charge is -2.35. The summed E-state index contributed by atoms with van der Waals surface area (Å²) in [7, 11) is 0. The third-order valence-corrected chi connectivity index (χ3v) is 5.67. The number of hydrogen-bond acceptors (Lipinski definition) is 5. The van der Waals surface area contributed by atoms with Gasteiger partial charge in [0.2, 0.25) is 0 Å². The summed E-state index contributed by atoms with van der Waals surface area (Å²) < 4.78 is 0. The van der Waals surface area contributed by atoms with Crippen LogP contribution in [-0.4, -0.2) is 51.9 Å². The molecule has 7 nitrogen and oxygen atoms in total. The molecule has 2 aromatic heterocycles. The van der Waals surface area contributed by atoms with Crippen LogP contribution >= 0.6 is 0 Å². The predicted molar refractivity (Wildman–Crippen MR) is 122 cm³/mol. The summed E-state index contributed by atoms with van der Waals surface area (Å²) >= 11 is 0. The monoisotopic (exact) mass is 412 g/mol. The Morgan fingerprint density at radius 1 is 0.968 bits per heavy atom. The van der Waals surface area contributed by atoms with Gasteiger partial charge >= 0.3 is 0 Å². The highest BCUT2D eigenvalue weighted by molar-refractivity contribution is 6.12. The Balaban J connectivity index is 1.23. The smallest absolute Gasteiger partial charge is 0.258 e. The number of piperazine rings is 1. The molecular weight excluding hydrogens is 388 g/mol. The van der Waals surface area contributed by atoms with Gasteiger partial charge in [-0.2, -0.15) is 0 Å². The second-order valence-electron chi connectivity index (χ2n) is 7.71. The van der Waals surface area contributed by atoms with Gasteiger partial charge < -0.3 is 15.2 Å². The molecule has 0 atom stereocenters. The van der Waals surface area contributed by atoms with E-state index in [1.54, 1.807) is 6.20 Å². The number of hydrogen-bond donors (Lipinski definition) is 2. The van der Waals surface area contributed by atoms with E-state index < -0.39 is 0 Å². The van der Waals surface area contributed by atoms with Crippen LogP contribution in [0.5, 0.6) is 0 Å². The topological polar surface area (TPSA) is 77.2 Å². The Hall–Kier alpha value is -3.71. The number of nitrogens with zero attached hydrogens (tertiary/aromatic N) is 4. The summed E-state index contributed by atoms with van der Waals surface area (Å²) in [6, 6.07) is 20.1. The molecule has 1 saturated heterocycles. The average molecular weight is 412 g/mol. The van der Waals surface area contributed by atoms with Gasteiger partial charge in [-0.25, -0.2) is 9.97 Å². The summed E-state index contributed by atoms with van der Waals surface area (Å²) in [4.78, 5) is 29.3. The Morgan fingerprint density at radius 2 is 1.74 bits per heavy atom. The number of aromatic amines is 1. The van der Waals surface area contributed by atoms with Gasteiger partial charge in [-0.3, -0.25) is 9.69 Å². The number of anilines is 2. The van der Waals surface area contributed by atoms with Gasteiger partial charge in [0.05, 0.1) is 5.56 Å². The van der Waals surface area contributed by atoms with Crippen LogP contribution in [0.1, 0.15) is 15.9 Å². The molecule has 2 N–H and O–H groups in total. The third-order valence-electron chi connectivity index (χ3n) is 5.67. The molecule has 7 heteroatoms. The number of nitrogens with one attached hydrogen (secondary N) is 2. The average Bonchev–Trinajstić information content (AvgIpc) is 3.25. The van der Waals surface area contributed by atoms with Crippen molar-refractivity contribution in [1.29, 1.82) is 0 Å². The minimum absolute atomic E-state index is 0.185. The Morgan fingerprint density at radius 3 is 2.58 bits per heavy atom. The molecule has 1 aliphatic heterocycles. The van der Waals surface area contributed by atoms with Gasteiger partial charge in [0.15, 0.2) is 0 Å². The zero-order chi connectivity index (χ0) is 21.0. The third kappa shape index (κ3) is 4.27. The van der Waals surface area contributed by atoms with E-state index in [1.807, 2.05) is 36.4 Å². The van der Waals surface area contributed by atoms with Gasteiger partial charge in [0.25, 0.3) is 5.91 Å². The summed E-state index contributed by atoms with van der Waals surface area (Å²) in [5, 5.41) is 3.80. The van der Waals surface area contributed by atoms with Crippen LogP contribution in [0.4, 0.5) is 11.6 Å². The lowest BCUT2D eigenvalue weighted by atomic mass is 10.1. The van der Waals surface area contributed by atoms with Crippen LogP contribution < -0.4 is 10.2 Å². The highest BCUT2D eigenvalue weighted by Gasteiger charge is 2.19. The summed E-state index contributed by atoms with van der Waals surface area (Å²) in [5.41, 5.74) is 2.87. The molecule has 0 aliphatic carbocycles. The first-order valence-corrected chi connectivity index (χ1v) is 10.5. The number of H-pyrrole nitrogens is 1. The maximum atomic E-state index is 12.8. The fraction of sp³-hybridized carbons (Fsp3) is 0.208. The van der Waals surface area contributed by atoms with Crippen molar-refractivity contribution in [3.05, 3.63) is 84.3 Å². The zero-order valence-electron chi connectivity index (χ0n) is 17.2. The Bertz CT molecular complexity index is 1180. The largest absolute Gasteiger partial charge is 0.360 e. The van der Waals surface area contributed by atoms with E-state index in [-0.39, 0.29) is 5.91 Å². The standard InChI is InChI=1S/C24H24N6O/c31-24(20-15-25-21-9-5-4-8-19(20)21)28-22-14-23(27-17-26-22)30-12-10-29(11-13-30)16-18-6-2-1-3-7-18/h1-9,14-15,17,25H,10-13,16H2,(H,26,27,28,31). The molecular formula is C24H24N6O. The van der Waals surface area contributed by atoms with Crippen molar-refractivity contribution in [3.8, 4) is 0 Å². The number of benzene rings is 2. The van der Waals surface area contributed by atoms with Crippen molar-refractivity contribution < 1.29 is 4.79 Å². The Kier molecular flexibility index (Phi) is 5.33. The molecule has 0 radical (unpaired) electrons. The molecule has 0 unspecified atom stereocenters. The molecule has 1 aliphatic rings. The van der Waals surface area contributed by atoms with Crippen LogP contribution in [0, 0.1) is 0 Å². The number of fused-ring (bicyclic) bond motifs is 1. The van der Waals surface area contributed by atoms with Crippen LogP contribution in [0.15, 0.2) is 73.2 Å². The van der Waals surface area contributed by atoms with Crippen molar-refractivity contribution in [2.24, 2.45) is 0 Å². The lowest BCUT2D eigenvalue weighted by Crippen LogP contribution is -2.46. The molecule has 3 heterocycles. The second-order valence-corrected chi connectivity index (χ2v) is 7.71. The van der Waals surface area contributed by atoms with Gasteiger partial charge in [0.1, 0.15) is 18.0 Å². The molecule has 5 rings (SSSR count). The maximum absolute atomic E-state index is 12.8. The fourth-order valence-corrected chi connectivity index (χ4v) is 4.01. The first-order valence-electron chi connectivity index (χ1n) is 10.5. The normalized spacial score (nSPS) is 14.6. The molecule has 0 spiro atoms. The lowest BCUT2D eigenvalue weighted by molar-refractivity contribution is 0.102. The molecule has 4 aromatic rings. The molecule has 0 saturated carbocycles. The molecule has 0 bridgehead atoms. The second kappa shape index (κ2) is 8.57. The van der Waals surface area contributed by atoms with Gasteiger partial charge in [0, 0.05) is 55.9 Å². The molecule has 31 heavy (non-hydrogen) atoms. The molecule has 2 aromatic carbocycles. The minimum Gasteiger partial charge on any atom is -0.360 e. The molecule has 1 fully saturated rings. The summed E-state index contributed by atoms with van der Waals surface area (Å²) in [6.45, 7) is 4.68. The van der Waals surface area contributed by atoms with Crippen molar-refractivity contribution in [2.75, 3.05) is 36.4 Å². The zero-order valence-corrected chi connectivity index (χ0v) is 17.2. The van der Waals surface area contributed by atoms with Crippen LogP contribution in [-0.2, 0) is 6.54 Å². The van der Waals surface area contributed by atoms with Gasteiger partial charge in [-0.15, -0.1) is 0 Å². The number of amides is 1. The number of carbonyl (C=O) groups excluding carboxylic acids is 1. The highest BCUT2D eigenvalue weighted by atomic mass is 16.1. The van der Waals surface area contributed by atoms with Crippen molar-refractivity contribution in [2.45, 2.75) is 6.54 Å². The minimum atomic E-state index is -0.185. The van der Waals surface area contributed by atoms with Gasteiger partial charge in [-0.1, -0.05) is 48.5 Å². The van der Waals surface area contributed by atoms with E-state index in [0.29, 0.717) is 11.4 Å². The van der Waals surface area contributed by atoms with E-state index in [4.69, 9.17) is 0 Å². The Labute approximate surface area is 180 Å². The number of carbonyl (C=O) groups is 1. The van der Waals surface area contributed by atoms with Gasteiger partial charge in [-0.05, 0) is 11.6 Å².